The lowest BCUT2D eigenvalue weighted by molar-refractivity contribution is 0.424. The zero-order chi connectivity index (χ0) is 38.4. The fraction of sp³-hybridized carbons (Fsp3) is 0.135. The summed E-state index contributed by atoms with van der Waals surface area (Å²) in [6, 6.07) is 24.6. The van der Waals surface area contributed by atoms with Crippen LogP contribution in [0.4, 0.5) is 11.9 Å². The lowest BCUT2D eigenvalue weighted by Gasteiger charge is -2.13. The second-order valence-corrected chi connectivity index (χ2v) is 13.0. The molecule has 15 nitrogen and oxygen atoms in total. The SMILES string of the molecule is Cc1nc(N)nc2c1cc(Br)c(=O)n2Cc1ccccc1.Cc1nc(N)nc2c1cc(C1=NCC=C1)c(=O)n2Cc1ccccc1.OB(O)c1ccn[nH]1. The van der Waals surface area contributed by atoms with Gasteiger partial charge in [-0.1, -0.05) is 66.7 Å². The van der Waals surface area contributed by atoms with Crippen LogP contribution in [0.25, 0.3) is 22.1 Å². The molecule has 0 saturated carbocycles. The van der Waals surface area contributed by atoms with Crippen LogP contribution in [0.5, 0.6) is 0 Å². The van der Waals surface area contributed by atoms with Crippen molar-refractivity contribution in [3.63, 3.8) is 0 Å². The molecule has 0 saturated heterocycles. The first-order valence-corrected chi connectivity index (χ1v) is 17.4. The Balaban J connectivity index is 0.000000155. The minimum Gasteiger partial charge on any atom is -0.422 e. The van der Waals surface area contributed by atoms with E-state index >= 15 is 0 Å². The van der Waals surface area contributed by atoms with Crippen molar-refractivity contribution in [2.24, 2.45) is 4.99 Å². The highest BCUT2D eigenvalue weighted by Crippen LogP contribution is 2.21. The van der Waals surface area contributed by atoms with Crippen LogP contribution in [0.15, 0.2) is 116 Å². The number of nitrogens with zero attached hydrogens (tertiary/aromatic N) is 8. The molecular formula is C37H35BBrN11O4. The first kappa shape index (κ1) is 37.5. The molecular weight excluding hydrogens is 753 g/mol. The summed E-state index contributed by atoms with van der Waals surface area (Å²) in [5, 5.41) is 24.3. The largest absolute Gasteiger partial charge is 0.507 e. The van der Waals surface area contributed by atoms with Gasteiger partial charge in [-0.2, -0.15) is 15.1 Å². The fourth-order valence-electron chi connectivity index (χ4n) is 5.75. The van der Waals surface area contributed by atoms with Crippen molar-refractivity contribution in [2.45, 2.75) is 26.9 Å². The Bertz CT molecular complexity index is 2610. The average Bonchev–Trinajstić information content (AvgIpc) is 3.90. The zero-order valence-corrected chi connectivity index (χ0v) is 30.8. The molecule has 1 aliphatic heterocycles. The van der Waals surface area contributed by atoms with E-state index in [1.54, 1.807) is 15.2 Å². The quantitative estimate of drug-likeness (QED) is 0.154. The molecule has 7 N–H and O–H groups in total. The van der Waals surface area contributed by atoms with E-state index in [1.165, 1.54) is 12.3 Å². The molecule has 5 aromatic heterocycles. The smallest absolute Gasteiger partial charge is 0.422 e. The molecule has 0 unspecified atom stereocenters. The van der Waals surface area contributed by atoms with Gasteiger partial charge in [-0.25, -0.2) is 9.97 Å². The second-order valence-electron chi connectivity index (χ2n) is 12.1. The van der Waals surface area contributed by atoms with Gasteiger partial charge in [0.25, 0.3) is 11.1 Å². The van der Waals surface area contributed by atoms with Gasteiger partial charge in [0.15, 0.2) is 0 Å². The van der Waals surface area contributed by atoms with Gasteiger partial charge < -0.3 is 21.5 Å². The number of aromatic nitrogens is 8. The topological polar surface area (TPSA) is 229 Å². The molecule has 0 bridgehead atoms. The molecule has 2 aromatic carbocycles. The van der Waals surface area contributed by atoms with Gasteiger partial charge in [-0.05, 0) is 65.2 Å². The Morgan fingerprint density at radius 2 is 1.31 bits per heavy atom. The van der Waals surface area contributed by atoms with Crippen molar-refractivity contribution in [2.75, 3.05) is 18.0 Å². The van der Waals surface area contributed by atoms with Gasteiger partial charge in [0, 0.05) is 17.0 Å². The number of aryl methyl sites for hydroxylation is 2. The highest BCUT2D eigenvalue weighted by Gasteiger charge is 2.18. The monoisotopic (exact) mass is 787 g/mol. The van der Waals surface area contributed by atoms with Gasteiger partial charge in [-0.3, -0.25) is 28.8 Å². The molecule has 272 valence electrons. The summed E-state index contributed by atoms with van der Waals surface area (Å²) in [6.07, 6.45) is 5.27. The minimum absolute atomic E-state index is 0.126. The number of allylic oxidation sites excluding steroid dienone is 1. The summed E-state index contributed by atoms with van der Waals surface area (Å²) in [5.41, 5.74) is 17.5. The normalized spacial score (nSPS) is 11.8. The van der Waals surface area contributed by atoms with E-state index in [1.807, 2.05) is 92.7 Å². The van der Waals surface area contributed by atoms with Crippen molar-refractivity contribution < 1.29 is 10.0 Å². The van der Waals surface area contributed by atoms with Gasteiger partial charge >= 0.3 is 7.12 Å². The Morgan fingerprint density at radius 3 is 1.78 bits per heavy atom. The van der Waals surface area contributed by atoms with Gasteiger partial charge in [-0.15, -0.1) is 0 Å². The molecule has 54 heavy (non-hydrogen) atoms. The molecule has 6 heterocycles. The number of nitrogens with two attached hydrogens (primary N) is 2. The maximum absolute atomic E-state index is 13.1. The number of anilines is 2. The minimum atomic E-state index is -1.43. The molecule has 0 spiro atoms. The molecule has 0 radical (unpaired) electrons. The van der Waals surface area contributed by atoms with Gasteiger partial charge in [0.2, 0.25) is 11.9 Å². The number of benzene rings is 2. The van der Waals surface area contributed by atoms with Crippen LogP contribution >= 0.6 is 15.9 Å². The maximum atomic E-state index is 13.1. The maximum Gasteiger partial charge on any atom is 0.507 e. The van der Waals surface area contributed by atoms with Crippen LogP contribution in [0.2, 0.25) is 0 Å². The second kappa shape index (κ2) is 16.6. The summed E-state index contributed by atoms with van der Waals surface area (Å²) in [5.74, 6) is 0.334. The molecule has 0 fully saturated rings. The van der Waals surface area contributed by atoms with E-state index < -0.39 is 7.12 Å². The number of H-pyrrole nitrogens is 1. The Hall–Kier alpha value is -6.30. The lowest BCUT2D eigenvalue weighted by Crippen LogP contribution is -2.30. The lowest BCUT2D eigenvalue weighted by atomic mass is 9.87. The molecule has 7 aromatic rings. The van der Waals surface area contributed by atoms with Crippen molar-refractivity contribution in [3.8, 4) is 0 Å². The number of hydrogen-bond acceptors (Lipinski definition) is 12. The summed E-state index contributed by atoms with van der Waals surface area (Å²) in [7, 11) is -1.43. The number of halogens is 1. The standard InChI is InChI=1S/C19H17N5O.C15H13BrN4O.C3H5BN2O2/c1-12-14-10-15(16-8-5-9-21-16)18(25)24(17(14)23-19(20)22-12)11-13-6-3-2-4-7-13;1-9-11-7-12(16)14(21)20(13(11)19-15(17)18-9)8-10-5-3-2-4-6-10;7-4(8)3-1-2-5-6-3/h2-8,10H,9,11H2,1H3,(H2,20,22,23);2-7H,8H2,1H3,(H2,17,18,19);1-2,7-8H,(H,5,6). The number of rotatable bonds is 6. The molecule has 0 amide bonds. The number of aromatic amines is 1. The number of pyridine rings is 2. The summed E-state index contributed by atoms with van der Waals surface area (Å²) in [4.78, 5) is 46.9. The molecule has 0 atom stereocenters. The Labute approximate surface area is 317 Å². The highest BCUT2D eigenvalue weighted by atomic mass is 79.9. The van der Waals surface area contributed by atoms with E-state index in [-0.39, 0.29) is 23.0 Å². The highest BCUT2D eigenvalue weighted by molar-refractivity contribution is 9.10. The van der Waals surface area contributed by atoms with E-state index in [2.05, 4.69) is 51.1 Å². The third kappa shape index (κ3) is 8.49. The number of hydrogen-bond donors (Lipinski definition) is 5. The Kier molecular flexibility index (Phi) is 11.5. The van der Waals surface area contributed by atoms with Crippen LogP contribution in [-0.4, -0.2) is 68.7 Å². The average molecular weight is 788 g/mol. The zero-order valence-electron chi connectivity index (χ0n) is 29.3. The predicted molar refractivity (Wildman–Crippen MR) is 214 cm³/mol. The van der Waals surface area contributed by atoms with E-state index in [0.717, 1.165) is 33.3 Å². The molecule has 17 heteroatoms. The molecule has 1 aliphatic rings. The first-order chi connectivity index (χ1) is 26.0. The van der Waals surface area contributed by atoms with Crippen LogP contribution in [0.3, 0.4) is 0 Å². The number of nitrogens with one attached hydrogen (secondary N) is 1. The summed E-state index contributed by atoms with van der Waals surface area (Å²) < 4.78 is 3.75. The van der Waals surface area contributed by atoms with E-state index in [0.29, 0.717) is 52.3 Å². The van der Waals surface area contributed by atoms with Gasteiger partial charge in [0.1, 0.15) is 11.3 Å². The third-order valence-electron chi connectivity index (χ3n) is 8.35. The molecule has 0 aliphatic carbocycles. The van der Waals surface area contributed by atoms with Crippen LogP contribution in [-0.2, 0) is 13.1 Å². The van der Waals surface area contributed by atoms with Crippen molar-refractivity contribution in [1.82, 2.24) is 39.3 Å². The van der Waals surface area contributed by atoms with Crippen LogP contribution in [0.1, 0.15) is 28.1 Å². The van der Waals surface area contributed by atoms with E-state index in [4.69, 9.17) is 21.5 Å². The summed E-state index contributed by atoms with van der Waals surface area (Å²) in [6.45, 7) is 5.17. The van der Waals surface area contributed by atoms with Crippen molar-refractivity contribution in [3.05, 3.63) is 150 Å². The van der Waals surface area contributed by atoms with Crippen molar-refractivity contribution >= 4 is 68.3 Å². The fourth-order valence-corrected chi connectivity index (χ4v) is 6.19. The predicted octanol–water partition coefficient (Wildman–Crippen LogP) is 2.67. The van der Waals surface area contributed by atoms with Crippen LogP contribution in [0, 0.1) is 13.8 Å². The number of aliphatic imine (C=N–C) groups is 1. The van der Waals surface area contributed by atoms with Gasteiger partial charge in [0.05, 0.1) is 52.4 Å². The third-order valence-corrected chi connectivity index (χ3v) is 8.92. The number of fused-ring (bicyclic) bond motifs is 2. The Morgan fingerprint density at radius 1 is 0.778 bits per heavy atom. The number of nitrogen functional groups attached to an aromatic ring is 2. The first-order valence-electron chi connectivity index (χ1n) is 16.7. The molecule has 8 rings (SSSR count). The van der Waals surface area contributed by atoms with Crippen LogP contribution < -0.4 is 28.2 Å². The summed E-state index contributed by atoms with van der Waals surface area (Å²) >= 11 is 3.31. The van der Waals surface area contributed by atoms with E-state index in [9.17, 15) is 9.59 Å². The van der Waals surface area contributed by atoms with Crippen molar-refractivity contribution in [1.29, 1.82) is 0 Å².